The maximum absolute atomic E-state index is 12.3. The van der Waals surface area contributed by atoms with Crippen LogP contribution in [0.15, 0.2) is 23.6 Å². The molecule has 7 nitrogen and oxygen atoms in total. The van der Waals surface area contributed by atoms with Gasteiger partial charge >= 0.3 is 5.97 Å². The van der Waals surface area contributed by atoms with Crippen LogP contribution in [-0.4, -0.2) is 34.8 Å². The van der Waals surface area contributed by atoms with Crippen LogP contribution in [0.5, 0.6) is 11.5 Å². The largest absolute Gasteiger partial charge is 0.481 e. The zero-order chi connectivity index (χ0) is 18.1. The second kappa shape index (κ2) is 6.95. The van der Waals surface area contributed by atoms with Crippen LogP contribution in [0.1, 0.15) is 25.0 Å². The highest BCUT2D eigenvalue weighted by molar-refractivity contribution is 7.13. The molecule has 0 saturated heterocycles. The molecule has 1 amide bonds. The van der Waals surface area contributed by atoms with Crippen molar-refractivity contribution in [2.45, 2.75) is 31.7 Å². The summed E-state index contributed by atoms with van der Waals surface area (Å²) in [4.78, 5) is 28.0. The molecule has 0 radical (unpaired) electrons. The van der Waals surface area contributed by atoms with Gasteiger partial charge in [-0.15, -0.1) is 11.3 Å². The van der Waals surface area contributed by atoms with E-state index in [0.717, 1.165) is 22.7 Å². The van der Waals surface area contributed by atoms with Crippen LogP contribution in [0, 0.1) is 5.92 Å². The summed E-state index contributed by atoms with van der Waals surface area (Å²) in [6.45, 7) is 0.223. The van der Waals surface area contributed by atoms with Gasteiger partial charge in [0, 0.05) is 17.0 Å². The molecule has 8 heteroatoms. The molecule has 1 aliphatic heterocycles. The molecule has 2 N–H and O–H groups in total. The number of aromatic nitrogens is 1. The quantitative estimate of drug-likeness (QED) is 0.834. The van der Waals surface area contributed by atoms with Gasteiger partial charge in [-0.25, -0.2) is 4.98 Å². The number of thiazole rings is 1. The summed E-state index contributed by atoms with van der Waals surface area (Å²) in [5.74, 6) is -0.108. The summed E-state index contributed by atoms with van der Waals surface area (Å²) in [5.41, 5.74) is 1.58. The van der Waals surface area contributed by atoms with E-state index in [0.29, 0.717) is 24.3 Å². The maximum atomic E-state index is 12.3. The van der Waals surface area contributed by atoms with Gasteiger partial charge in [-0.1, -0.05) is 6.42 Å². The zero-order valence-electron chi connectivity index (χ0n) is 13.9. The number of nitrogens with one attached hydrogen (secondary N) is 1. The smallest absolute Gasteiger partial charge is 0.308 e. The molecule has 2 atom stereocenters. The lowest BCUT2D eigenvalue weighted by Gasteiger charge is -2.17. The molecule has 1 aliphatic carbocycles. The predicted octanol–water partition coefficient (Wildman–Crippen LogP) is 2.45. The third kappa shape index (κ3) is 3.37. The van der Waals surface area contributed by atoms with Gasteiger partial charge < -0.3 is 19.9 Å². The van der Waals surface area contributed by atoms with Gasteiger partial charge in [-0.3, -0.25) is 9.59 Å². The lowest BCUT2D eigenvalue weighted by atomic mass is 10.0. The van der Waals surface area contributed by atoms with Gasteiger partial charge in [0.25, 0.3) is 0 Å². The first-order valence-corrected chi connectivity index (χ1v) is 9.35. The van der Waals surface area contributed by atoms with Crippen molar-refractivity contribution in [1.29, 1.82) is 0 Å². The predicted molar refractivity (Wildman–Crippen MR) is 94.3 cm³/mol. The topological polar surface area (TPSA) is 97.8 Å². The fraction of sp³-hybridized carbons (Fsp3) is 0.389. The SMILES string of the molecule is O=C(Cc1csc(-c2ccc3c(c2)OCO3)n1)N[C@H]1CCC[C@H]1C(=O)O. The summed E-state index contributed by atoms with van der Waals surface area (Å²) in [5, 5.41) is 14.7. The highest BCUT2D eigenvalue weighted by atomic mass is 32.1. The lowest BCUT2D eigenvalue weighted by molar-refractivity contribution is -0.142. The van der Waals surface area contributed by atoms with Crippen LogP contribution >= 0.6 is 11.3 Å². The number of carboxylic acid groups (broad SMARTS) is 1. The Morgan fingerprint density at radius 3 is 2.96 bits per heavy atom. The third-order valence-electron chi connectivity index (χ3n) is 4.69. The average Bonchev–Trinajstić information content (AvgIpc) is 3.34. The van der Waals surface area contributed by atoms with Crippen molar-refractivity contribution in [2.75, 3.05) is 6.79 Å². The molecule has 1 fully saturated rings. The summed E-state index contributed by atoms with van der Waals surface area (Å²) in [6.07, 6.45) is 2.30. The number of rotatable bonds is 5. The maximum Gasteiger partial charge on any atom is 0.308 e. The van der Waals surface area contributed by atoms with E-state index in [2.05, 4.69) is 10.3 Å². The Morgan fingerprint density at radius 1 is 1.27 bits per heavy atom. The van der Waals surface area contributed by atoms with Crippen molar-refractivity contribution in [3.05, 3.63) is 29.3 Å². The first kappa shape index (κ1) is 16.8. The average molecular weight is 374 g/mol. The Labute approximate surface area is 154 Å². The molecule has 2 aliphatic rings. The number of hydrogen-bond acceptors (Lipinski definition) is 6. The molecule has 26 heavy (non-hydrogen) atoms. The van der Waals surface area contributed by atoms with Crippen molar-refractivity contribution < 1.29 is 24.2 Å². The molecular weight excluding hydrogens is 356 g/mol. The number of nitrogens with zero attached hydrogens (tertiary/aromatic N) is 1. The van der Waals surface area contributed by atoms with Gasteiger partial charge in [0.1, 0.15) is 5.01 Å². The van der Waals surface area contributed by atoms with E-state index in [4.69, 9.17) is 9.47 Å². The van der Waals surface area contributed by atoms with E-state index in [1.54, 1.807) is 0 Å². The molecule has 0 spiro atoms. The Hall–Kier alpha value is -2.61. The van der Waals surface area contributed by atoms with Crippen molar-refractivity contribution in [3.8, 4) is 22.1 Å². The van der Waals surface area contributed by atoms with Crippen LogP contribution < -0.4 is 14.8 Å². The standard InChI is InChI=1S/C18H18N2O5S/c21-16(20-13-3-1-2-12(13)18(22)23)7-11-8-26-17(19-11)10-4-5-14-15(6-10)25-9-24-14/h4-6,8,12-13H,1-3,7,9H2,(H,20,21)(H,22,23)/t12-,13+/m1/s1. The van der Waals surface area contributed by atoms with Crippen LogP contribution in [0.3, 0.4) is 0 Å². The first-order valence-electron chi connectivity index (χ1n) is 8.47. The molecule has 136 valence electrons. The summed E-state index contributed by atoms with van der Waals surface area (Å²) >= 11 is 1.46. The van der Waals surface area contributed by atoms with E-state index in [1.165, 1.54) is 11.3 Å². The second-order valence-corrected chi connectivity index (χ2v) is 7.30. The first-order chi connectivity index (χ1) is 12.6. The monoisotopic (exact) mass is 374 g/mol. The molecule has 0 bridgehead atoms. The fourth-order valence-corrected chi connectivity index (χ4v) is 4.22. The third-order valence-corrected chi connectivity index (χ3v) is 5.63. The van der Waals surface area contributed by atoms with Crippen molar-refractivity contribution in [2.24, 2.45) is 5.92 Å². The minimum atomic E-state index is -0.841. The highest BCUT2D eigenvalue weighted by Crippen LogP contribution is 2.36. The number of carbonyl (C=O) groups excluding carboxylic acids is 1. The number of amides is 1. The van der Waals surface area contributed by atoms with Gasteiger partial charge in [-0.05, 0) is 31.0 Å². The molecule has 1 aromatic carbocycles. The normalized spacial score (nSPS) is 20.9. The Balaban J connectivity index is 1.40. The summed E-state index contributed by atoms with van der Waals surface area (Å²) in [7, 11) is 0. The van der Waals surface area contributed by atoms with E-state index in [1.807, 2.05) is 23.6 Å². The van der Waals surface area contributed by atoms with Gasteiger partial charge in [0.05, 0.1) is 18.0 Å². The molecule has 1 aromatic heterocycles. The highest BCUT2D eigenvalue weighted by Gasteiger charge is 2.33. The van der Waals surface area contributed by atoms with E-state index >= 15 is 0 Å². The number of hydrogen-bond donors (Lipinski definition) is 2. The van der Waals surface area contributed by atoms with Crippen molar-refractivity contribution in [1.82, 2.24) is 10.3 Å². The number of carboxylic acids is 1. The summed E-state index contributed by atoms with van der Waals surface area (Å²) < 4.78 is 10.7. The number of ether oxygens (including phenoxy) is 2. The van der Waals surface area contributed by atoms with Crippen molar-refractivity contribution >= 4 is 23.2 Å². The Bertz CT molecular complexity index is 850. The molecule has 2 aromatic rings. The molecular formula is C18H18N2O5S. The Morgan fingerprint density at radius 2 is 2.12 bits per heavy atom. The lowest BCUT2D eigenvalue weighted by Crippen LogP contribution is -2.40. The fourth-order valence-electron chi connectivity index (χ4n) is 3.40. The zero-order valence-corrected chi connectivity index (χ0v) is 14.8. The van der Waals surface area contributed by atoms with Gasteiger partial charge in [-0.2, -0.15) is 0 Å². The van der Waals surface area contributed by atoms with Crippen LogP contribution in [0.2, 0.25) is 0 Å². The number of fused-ring (bicyclic) bond motifs is 1. The second-order valence-electron chi connectivity index (χ2n) is 6.44. The van der Waals surface area contributed by atoms with Crippen LogP contribution in [0.4, 0.5) is 0 Å². The van der Waals surface area contributed by atoms with Gasteiger partial charge in [0.15, 0.2) is 11.5 Å². The van der Waals surface area contributed by atoms with Gasteiger partial charge in [0.2, 0.25) is 12.7 Å². The molecule has 0 unspecified atom stereocenters. The van der Waals surface area contributed by atoms with E-state index in [9.17, 15) is 14.7 Å². The molecule has 2 heterocycles. The molecule has 4 rings (SSSR count). The van der Waals surface area contributed by atoms with E-state index in [-0.39, 0.29) is 25.2 Å². The summed E-state index contributed by atoms with van der Waals surface area (Å²) in [6, 6.07) is 5.34. The van der Waals surface area contributed by atoms with Crippen LogP contribution in [-0.2, 0) is 16.0 Å². The van der Waals surface area contributed by atoms with E-state index < -0.39 is 11.9 Å². The van der Waals surface area contributed by atoms with Crippen molar-refractivity contribution in [3.63, 3.8) is 0 Å². The Kier molecular flexibility index (Phi) is 4.50. The minimum absolute atomic E-state index is 0.143. The molecule has 1 saturated carbocycles. The number of benzene rings is 1. The number of aliphatic carboxylic acids is 1. The minimum Gasteiger partial charge on any atom is -0.481 e. The van der Waals surface area contributed by atoms with Crippen LogP contribution in [0.25, 0.3) is 10.6 Å². The number of carbonyl (C=O) groups is 2.